The third kappa shape index (κ3) is 4.26. The number of nitrogens with one attached hydrogen (secondary N) is 1. The molecular weight excluding hydrogens is 420 g/mol. The molecule has 1 saturated heterocycles. The number of aryl methyl sites for hydroxylation is 1. The molecule has 1 N–H and O–H groups in total. The zero-order valence-corrected chi connectivity index (χ0v) is 19.2. The molecule has 30 heavy (non-hydrogen) atoms. The number of amides is 1. The number of thiophene rings is 1. The normalized spacial score (nSPS) is 24.0. The van der Waals surface area contributed by atoms with E-state index in [4.69, 9.17) is 4.74 Å². The van der Waals surface area contributed by atoms with Crippen LogP contribution in [-0.2, 0) is 14.8 Å². The van der Waals surface area contributed by atoms with E-state index in [0.29, 0.717) is 30.0 Å². The molecule has 1 aromatic carbocycles. The second kappa shape index (κ2) is 7.98. The highest BCUT2D eigenvalue weighted by Crippen LogP contribution is 2.40. The number of benzene rings is 1. The van der Waals surface area contributed by atoms with Gasteiger partial charge in [-0.25, -0.2) is 8.42 Å². The monoisotopic (exact) mass is 448 g/mol. The van der Waals surface area contributed by atoms with Crippen molar-refractivity contribution in [3.8, 4) is 5.75 Å². The quantitative estimate of drug-likeness (QED) is 0.770. The predicted molar refractivity (Wildman–Crippen MR) is 117 cm³/mol. The first-order valence-electron chi connectivity index (χ1n) is 10.3. The van der Waals surface area contributed by atoms with Gasteiger partial charge in [-0.3, -0.25) is 4.79 Å². The van der Waals surface area contributed by atoms with Crippen LogP contribution in [0.25, 0.3) is 0 Å². The highest BCUT2D eigenvalue weighted by molar-refractivity contribution is 7.91. The summed E-state index contributed by atoms with van der Waals surface area (Å²) in [4.78, 5) is 13.1. The number of hydrogen-bond donors (Lipinski definition) is 1. The molecule has 0 radical (unpaired) electrons. The molecule has 1 aromatic heterocycles. The lowest BCUT2D eigenvalue weighted by Crippen LogP contribution is -2.47. The molecule has 2 aliphatic heterocycles. The van der Waals surface area contributed by atoms with Gasteiger partial charge >= 0.3 is 0 Å². The van der Waals surface area contributed by atoms with Gasteiger partial charge in [-0.15, -0.1) is 11.3 Å². The van der Waals surface area contributed by atoms with Crippen LogP contribution in [0, 0.1) is 12.8 Å². The summed E-state index contributed by atoms with van der Waals surface area (Å²) in [7, 11) is -3.54. The van der Waals surface area contributed by atoms with Crippen LogP contribution in [0.5, 0.6) is 5.75 Å². The second-order valence-corrected chi connectivity index (χ2v) is 11.9. The summed E-state index contributed by atoms with van der Waals surface area (Å²) in [5.41, 5.74) is 1.70. The highest BCUT2D eigenvalue weighted by atomic mass is 32.2. The van der Waals surface area contributed by atoms with Gasteiger partial charge in [0, 0.05) is 25.1 Å². The molecule has 4 rings (SSSR count). The van der Waals surface area contributed by atoms with Gasteiger partial charge in [0.05, 0.1) is 12.0 Å². The minimum absolute atomic E-state index is 0.0877. The van der Waals surface area contributed by atoms with Gasteiger partial charge in [0.2, 0.25) is 5.91 Å². The molecule has 3 heterocycles. The number of ether oxygens (including phenoxy) is 1. The lowest BCUT2D eigenvalue weighted by atomic mass is 9.88. The number of carbonyl (C=O) groups is 1. The maximum atomic E-state index is 13.1. The molecule has 2 aromatic rings. The summed E-state index contributed by atoms with van der Waals surface area (Å²) < 4.78 is 33.7. The van der Waals surface area contributed by atoms with Crippen LogP contribution in [0.15, 0.2) is 39.9 Å². The summed E-state index contributed by atoms with van der Waals surface area (Å²) >= 11 is 1.21. The topological polar surface area (TPSA) is 75.7 Å². The summed E-state index contributed by atoms with van der Waals surface area (Å²) in [6, 6.07) is 9.24. The van der Waals surface area contributed by atoms with Gasteiger partial charge in [0.15, 0.2) is 0 Å². The summed E-state index contributed by atoms with van der Waals surface area (Å²) in [6.45, 7) is 6.74. The van der Waals surface area contributed by atoms with E-state index < -0.39 is 10.0 Å². The molecular formula is C22H28N2O4S2. The van der Waals surface area contributed by atoms with E-state index in [-0.39, 0.29) is 30.0 Å². The van der Waals surface area contributed by atoms with Crippen molar-refractivity contribution in [1.82, 2.24) is 9.62 Å². The Balaban J connectivity index is 1.50. The van der Waals surface area contributed by atoms with Crippen LogP contribution >= 0.6 is 11.3 Å². The van der Waals surface area contributed by atoms with Gasteiger partial charge in [0.25, 0.3) is 10.0 Å². The first kappa shape index (κ1) is 21.3. The first-order valence-corrected chi connectivity index (χ1v) is 12.6. The molecule has 0 unspecified atom stereocenters. The molecule has 162 valence electrons. The molecule has 2 atom stereocenters. The Bertz CT molecular complexity index is 1030. The van der Waals surface area contributed by atoms with Crippen LogP contribution in [0.1, 0.15) is 50.3 Å². The predicted octanol–water partition coefficient (Wildman–Crippen LogP) is 3.88. The molecule has 0 bridgehead atoms. The number of piperidine rings is 1. The van der Waals surface area contributed by atoms with Gasteiger partial charge in [-0.1, -0.05) is 18.2 Å². The Morgan fingerprint density at radius 1 is 1.30 bits per heavy atom. The van der Waals surface area contributed by atoms with Crippen LogP contribution in [-0.4, -0.2) is 37.3 Å². The number of rotatable bonds is 4. The third-order valence-electron chi connectivity index (χ3n) is 5.79. The molecule has 0 spiro atoms. The minimum atomic E-state index is -3.54. The fourth-order valence-corrected chi connectivity index (χ4v) is 6.96. The van der Waals surface area contributed by atoms with Crippen molar-refractivity contribution in [2.45, 2.75) is 55.9 Å². The van der Waals surface area contributed by atoms with Crippen molar-refractivity contribution in [3.63, 3.8) is 0 Å². The molecule has 2 aliphatic rings. The first-order chi connectivity index (χ1) is 14.2. The second-order valence-electron chi connectivity index (χ2n) is 8.80. The van der Waals surface area contributed by atoms with Crippen LogP contribution in [0.3, 0.4) is 0 Å². The number of nitrogens with zero attached hydrogens (tertiary/aromatic N) is 1. The molecule has 6 nitrogen and oxygen atoms in total. The maximum absolute atomic E-state index is 13.1. The Hall–Kier alpha value is -1.90. The van der Waals surface area contributed by atoms with E-state index in [1.54, 1.807) is 17.5 Å². The molecule has 1 amide bonds. The molecule has 8 heteroatoms. The standard InChI is InChI=1S/C22H28N2O4S2/c1-15-8-9-17-18(13-22(2,3)28-19(17)12-15)23-21(25)16-6-4-10-24(14-16)30(26,27)20-7-5-11-29-20/h5,7-9,11-12,16,18H,4,6,10,13-14H2,1-3H3,(H,23,25)/t16-,18-/m0/s1. The van der Waals surface area contributed by atoms with E-state index in [9.17, 15) is 13.2 Å². The molecule has 0 aliphatic carbocycles. The fraction of sp³-hybridized carbons (Fsp3) is 0.500. The number of fused-ring (bicyclic) bond motifs is 1. The average Bonchev–Trinajstić information content (AvgIpc) is 3.22. The number of carbonyl (C=O) groups excluding carboxylic acids is 1. The Morgan fingerprint density at radius 2 is 2.10 bits per heavy atom. The largest absolute Gasteiger partial charge is 0.487 e. The SMILES string of the molecule is Cc1ccc2c(c1)OC(C)(C)C[C@@H]2NC(=O)[C@H]1CCCN(S(=O)(=O)c2cccs2)C1. The van der Waals surface area contributed by atoms with Crippen molar-refractivity contribution < 1.29 is 17.9 Å². The van der Waals surface area contributed by atoms with Crippen molar-refractivity contribution in [2.75, 3.05) is 13.1 Å². The zero-order chi connectivity index (χ0) is 21.5. The van der Waals surface area contributed by atoms with Gasteiger partial charge < -0.3 is 10.1 Å². The Morgan fingerprint density at radius 3 is 2.83 bits per heavy atom. The maximum Gasteiger partial charge on any atom is 0.252 e. The van der Waals surface area contributed by atoms with Crippen molar-refractivity contribution >= 4 is 27.3 Å². The van der Waals surface area contributed by atoms with E-state index in [1.165, 1.54) is 15.6 Å². The van der Waals surface area contributed by atoms with Gasteiger partial charge in [-0.2, -0.15) is 4.31 Å². The Labute approximate surface area is 182 Å². The fourth-order valence-electron chi connectivity index (χ4n) is 4.29. The summed E-state index contributed by atoms with van der Waals surface area (Å²) in [6.07, 6.45) is 2.03. The van der Waals surface area contributed by atoms with Crippen LogP contribution < -0.4 is 10.1 Å². The highest BCUT2D eigenvalue weighted by Gasteiger charge is 2.38. The number of sulfonamides is 1. The van der Waals surface area contributed by atoms with Crippen molar-refractivity contribution in [2.24, 2.45) is 5.92 Å². The molecule has 1 fully saturated rings. The summed E-state index contributed by atoms with van der Waals surface area (Å²) in [5, 5.41) is 4.95. The third-order valence-corrected chi connectivity index (χ3v) is 9.03. The van der Waals surface area contributed by atoms with E-state index in [1.807, 2.05) is 39.0 Å². The smallest absolute Gasteiger partial charge is 0.252 e. The average molecular weight is 449 g/mol. The van der Waals surface area contributed by atoms with Gasteiger partial charge in [0.1, 0.15) is 15.6 Å². The van der Waals surface area contributed by atoms with E-state index in [0.717, 1.165) is 16.9 Å². The number of hydrogen-bond acceptors (Lipinski definition) is 5. The summed E-state index contributed by atoms with van der Waals surface area (Å²) in [5.74, 6) is 0.366. The minimum Gasteiger partial charge on any atom is -0.487 e. The van der Waals surface area contributed by atoms with Crippen LogP contribution in [0.4, 0.5) is 0 Å². The van der Waals surface area contributed by atoms with Crippen LogP contribution in [0.2, 0.25) is 0 Å². The Kier molecular flexibility index (Phi) is 5.67. The lowest BCUT2D eigenvalue weighted by molar-refractivity contribution is -0.127. The lowest BCUT2D eigenvalue weighted by Gasteiger charge is -2.39. The van der Waals surface area contributed by atoms with Gasteiger partial charge in [-0.05, 0) is 56.7 Å². The zero-order valence-electron chi connectivity index (χ0n) is 17.6. The van der Waals surface area contributed by atoms with Crippen molar-refractivity contribution in [1.29, 1.82) is 0 Å². The molecule has 0 saturated carbocycles. The van der Waals surface area contributed by atoms with Crippen molar-refractivity contribution in [3.05, 3.63) is 46.8 Å². The van der Waals surface area contributed by atoms with E-state index in [2.05, 4.69) is 5.32 Å². The van der Waals surface area contributed by atoms with E-state index >= 15 is 0 Å².